The first kappa shape index (κ1) is 30.4. The van der Waals surface area contributed by atoms with Crippen molar-refractivity contribution in [3.05, 3.63) is 199 Å². The molecule has 0 unspecified atom stereocenters. The van der Waals surface area contributed by atoms with E-state index in [0.717, 1.165) is 17.1 Å². The quantitative estimate of drug-likeness (QED) is 0.177. The lowest BCUT2D eigenvalue weighted by atomic mass is 9.82. The second-order valence-corrected chi connectivity index (χ2v) is 14.6. The second-order valence-electron chi connectivity index (χ2n) is 14.6. The summed E-state index contributed by atoms with van der Waals surface area (Å²) in [5, 5.41) is 7.48. The highest BCUT2D eigenvalue weighted by atomic mass is 15.1. The lowest BCUT2D eigenvalue weighted by molar-refractivity contribution is 0.661. The van der Waals surface area contributed by atoms with Gasteiger partial charge >= 0.3 is 0 Å². The normalized spacial score (nSPS) is 13.0. The fraction of sp³-hybridized carbons (Fsp3) is 0.0588. The van der Waals surface area contributed by atoms with Crippen molar-refractivity contribution < 1.29 is 0 Å². The van der Waals surface area contributed by atoms with E-state index in [1.54, 1.807) is 0 Å². The number of hydrogen-bond acceptors (Lipinski definition) is 1. The van der Waals surface area contributed by atoms with E-state index < -0.39 is 0 Å². The molecule has 0 heterocycles. The fourth-order valence-electron chi connectivity index (χ4n) is 8.45. The minimum Gasteiger partial charge on any atom is -0.310 e. The van der Waals surface area contributed by atoms with Crippen LogP contribution in [0.1, 0.15) is 25.0 Å². The molecule has 246 valence electrons. The molecule has 52 heavy (non-hydrogen) atoms. The van der Waals surface area contributed by atoms with Crippen LogP contribution >= 0.6 is 0 Å². The van der Waals surface area contributed by atoms with E-state index in [1.807, 2.05) is 0 Å². The summed E-state index contributed by atoms with van der Waals surface area (Å²) < 4.78 is 0. The molecule has 0 N–H and O–H groups in total. The minimum atomic E-state index is -0.107. The largest absolute Gasteiger partial charge is 0.310 e. The van der Waals surface area contributed by atoms with Crippen molar-refractivity contribution in [2.24, 2.45) is 0 Å². The van der Waals surface area contributed by atoms with E-state index >= 15 is 0 Å². The summed E-state index contributed by atoms with van der Waals surface area (Å²) in [6, 6.07) is 69.4. The monoisotopic (exact) mass is 663 g/mol. The Labute approximate surface area is 305 Å². The zero-order valence-corrected chi connectivity index (χ0v) is 29.3. The van der Waals surface area contributed by atoms with Gasteiger partial charge in [0.1, 0.15) is 0 Å². The van der Waals surface area contributed by atoms with Gasteiger partial charge in [-0.3, -0.25) is 0 Å². The minimum absolute atomic E-state index is 0.107. The summed E-state index contributed by atoms with van der Waals surface area (Å²) in [5.41, 5.74) is 13.5. The number of benzene rings is 9. The van der Waals surface area contributed by atoms with Gasteiger partial charge in [-0.15, -0.1) is 0 Å². The molecular weight excluding hydrogens is 627 g/mol. The van der Waals surface area contributed by atoms with Gasteiger partial charge in [0.25, 0.3) is 0 Å². The van der Waals surface area contributed by atoms with E-state index in [4.69, 9.17) is 0 Å². The summed E-state index contributed by atoms with van der Waals surface area (Å²) in [5.74, 6) is 0. The van der Waals surface area contributed by atoms with Crippen LogP contribution < -0.4 is 4.90 Å². The summed E-state index contributed by atoms with van der Waals surface area (Å²) in [4.78, 5) is 2.48. The molecule has 0 saturated heterocycles. The van der Waals surface area contributed by atoms with Crippen molar-refractivity contribution in [3.63, 3.8) is 0 Å². The van der Waals surface area contributed by atoms with Crippen LogP contribution in [0.25, 0.3) is 65.7 Å². The smallest absolute Gasteiger partial charge is 0.0546 e. The molecule has 1 heteroatoms. The highest BCUT2D eigenvalue weighted by molar-refractivity contribution is 6.01. The Bertz CT molecular complexity index is 2830. The van der Waals surface area contributed by atoms with E-state index in [-0.39, 0.29) is 5.41 Å². The lowest BCUT2D eigenvalue weighted by Gasteiger charge is -2.30. The predicted molar refractivity (Wildman–Crippen MR) is 222 cm³/mol. The van der Waals surface area contributed by atoms with Gasteiger partial charge in [0.15, 0.2) is 0 Å². The van der Waals surface area contributed by atoms with Crippen molar-refractivity contribution in [2.45, 2.75) is 19.3 Å². The van der Waals surface area contributed by atoms with Crippen molar-refractivity contribution in [1.82, 2.24) is 0 Å². The van der Waals surface area contributed by atoms with Crippen molar-refractivity contribution in [3.8, 4) is 33.4 Å². The molecule has 10 rings (SSSR count). The Kier molecular flexibility index (Phi) is 6.91. The predicted octanol–water partition coefficient (Wildman–Crippen LogP) is 14.3. The van der Waals surface area contributed by atoms with Crippen LogP contribution in [-0.2, 0) is 5.41 Å². The standard InChI is InChI=1S/C51H37N/c1-51(2)48-26-25-44(33-47(48)46-30-39-18-8-10-19-40(39)31-49(46)51)52(43-22-12-21-37(28-43)34-13-4-3-5-14-34)50-32-41-20-11-9-17-38(41)29-45(50)42-24-23-35-15-6-7-16-36(35)27-42/h3-33H,1-2H3. The molecule has 1 aliphatic carbocycles. The molecule has 0 aromatic heterocycles. The average Bonchev–Trinajstić information content (AvgIpc) is 3.41. The van der Waals surface area contributed by atoms with Crippen molar-refractivity contribution in [2.75, 3.05) is 4.90 Å². The highest BCUT2D eigenvalue weighted by Crippen LogP contribution is 2.52. The maximum Gasteiger partial charge on any atom is 0.0546 e. The first-order valence-corrected chi connectivity index (χ1v) is 18.2. The molecule has 1 aliphatic rings. The van der Waals surface area contributed by atoms with Gasteiger partial charge in [-0.25, -0.2) is 0 Å². The first-order valence-electron chi connectivity index (χ1n) is 18.2. The van der Waals surface area contributed by atoms with Crippen LogP contribution in [0.3, 0.4) is 0 Å². The third-order valence-corrected chi connectivity index (χ3v) is 11.2. The van der Waals surface area contributed by atoms with Crippen LogP contribution in [-0.4, -0.2) is 0 Å². The van der Waals surface area contributed by atoms with Gasteiger partial charge in [0.05, 0.1) is 5.69 Å². The summed E-state index contributed by atoms with van der Waals surface area (Å²) in [6.07, 6.45) is 0. The van der Waals surface area contributed by atoms with E-state index in [1.165, 1.54) is 76.8 Å². The average molecular weight is 664 g/mol. The molecule has 0 saturated carbocycles. The summed E-state index contributed by atoms with van der Waals surface area (Å²) in [7, 11) is 0. The summed E-state index contributed by atoms with van der Waals surface area (Å²) in [6.45, 7) is 4.74. The Morgan fingerprint density at radius 3 is 1.62 bits per heavy atom. The number of nitrogens with zero attached hydrogens (tertiary/aromatic N) is 1. The van der Waals surface area contributed by atoms with Gasteiger partial charge in [0, 0.05) is 22.4 Å². The molecular formula is C51H37N. The van der Waals surface area contributed by atoms with E-state index in [9.17, 15) is 0 Å². The van der Waals surface area contributed by atoms with Crippen LogP contribution in [0.5, 0.6) is 0 Å². The number of hydrogen-bond donors (Lipinski definition) is 0. The van der Waals surface area contributed by atoms with Gasteiger partial charge in [-0.1, -0.05) is 147 Å². The maximum atomic E-state index is 2.48. The third kappa shape index (κ3) is 4.93. The number of anilines is 3. The number of rotatable bonds is 5. The number of fused-ring (bicyclic) bond motifs is 6. The van der Waals surface area contributed by atoms with Gasteiger partial charge in [0.2, 0.25) is 0 Å². The van der Waals surface area contributed by atoms with Gasteiger partial charge in [-0.2, -0.15) is 0 Å². The molecule has 0 atom stereocenters. The van der Waals surface area contributed by atoms with Crippen LogP contribution in [0.4, 0.5) is 17.1 Å². The molecule has 0 radical (unpaired) electrons. The van der Waals surface area contributed by atoms with Gasteiger partial charge in [-0.05, 0) is 126 Å². The maximum absolute atomic E-state index is 2.48. The third-order valence-electron chi connectivity index (χ3n) is 11.2. The molecule has 0 aliphatic heterocycles. The Balaban J connectivity index is 1.25. The van der Waals surface area contributed by atoms with Crippen molar-refractivity contribution >= 4 is 49.4 Å². The first-order chi connectivity index (χ1) is 25.5. The van der Waals surface area contributed by atoms with E-state index in [2.05, 4.69) is 207 Å². The zero-order valence-electron chi connectivity index (χ0n) is 29.3. The van der Waals surface area contributed by atoms with E-state index in [0.29, 0.717) is 0 Å². The topological polar surface area (TPSA) is 3.24 Å². The zero-order chi connectivity index (χ0) is 34.8. The SMILES string of the molecule is CC1(C)c2ccc(N(c3cccc(-c4ccccc4)c3)c3cc4ccccc4cc3-c3ccc4ccccc4c3)cc2-c2cc3ccccc3cc21. The summed E-state index contributed by atoms with van der Waals surface area (Å²) >= 11 is 0. The highest BCUT2D eigenvalue weighted by Gasteiger charge is 2.36. The molecule has 9 aromatic rings. The molecule has 1 nitrogen and oxygen atoms in total. The Morgan fingerprint density at radius 2 is 0.885 bits per heavy atom. The van der Waals surface area contributed by atoms with Gasteiger partial charge < -0.3 is 4.90 Å². The van der Waals surface area contributed by atoms with Crippen LogP contribution in [0, 0.1) is 0 Å². The Morgan fingerprint density at radius 1 is 0.327 bits per heavy atom. The molecule has 0 bridgehead atoms. The molecule has 0 fully saturated rings. The van der Waals surface area contributed by atoms with Crippen molar-refractivity contribution in [1.29, 1.82) is 0 Å². The molecule has 9 aromatic carbocycles. The Hall–Kier alpha value is -6.44. The van der Waals surface area contributed by atoms with Crippen LogP contribution in [0.2, 0.25) is 0 Å². The van der Waals surface area contributed by atoms with Crippen LogP contribution in [0.15, 0.2) is 188 Å². The lowest BCUT2D eigenvalue weighted by Crippen LogP contribution is -2.15. The fourth-order valence-corrected chi connectivity index (χ4v) is 8.45. The molecule has 0 amide bonds. The molecule has 0 spiro atoms. The second kappa shape index (κ2) is 11.8.